The molecule has 1 atom stereocenters. The Balaban J connectivity index is 1.96. The third kappa shape index (κ3) is 7.78. The number of carbonyl (C=O) groups is 3. The highest BCUT2D eigenvalue weighted by Gasteiger charge is 2.38. The molecular formula is C19H23BF3NO7. The molecule has 1 heterocycles. The summed E-state index contributed by atoms with van der Waals surface area (Å²) in [5.74, 6) is -3.19. The number of ether oxygens (including phenoxy) is 2. The Hall–Kier alpha value is -2.76. The molecule has 0 radical (unpaired) electrons. The van der Waals surface area contributed by atoms with Gasteiger partial charge in [0.15, 0.2) is 0 Å². The standard InChI is InChI=1S/C19H23BF3NO7/c1-2-3-7-16(26)29-11-30-18(27)13-6-4-5-12-10-14(20(28)31-17(12)13)24-15(25)8-9-19(21,22)23/h4-6,14,28H,2-3,7-11H2,1H3,(H,24,25)/t14-/m0/s1. The molecular weight excluding hydrogens is 422 g/mol. The van der Waals surface area contributed by atoms with Gasteiger partial charge >= 0.3 is 25.2 Å². The van der Waals surface area contributed by atoms with Crippen molar-refractivity contribution in [3.05, 3.63) is 29.3 Å². The predicted octanol–water partition coefficient (Wildman–Crippen LogP) is 2.32. The van der Waals surface area contributed by atoms with Crippen molar-refractivity contribution in [1.29, 1.82) is 0 Å². The fraction of sp³-hybridized carbons (Fsp3) is 0.526. The van der Waals surface area contributed by atoms with Crippen LogP contribution in [0, 0.1) is 0 Å². The van der Waals surface area contributed by atoms with Gasteiger partial charge in [0, 0.05) is 12.8 Å². The van der Waals surface area contributed by atoms with Gasteiger partial charge in [-0.1, -0.05) is 25.5 Å². The number of nitrogens with one attached hydrogen (secondary N) is 1. The maximum absolute atomic E-state index is 12.3. The van der Waals surface area contributed by atoms with Gasteiger partial charge in [-0.3, -0.25) is 9.59 Å². The van der Waals surface area contributed by atoms with E-state index in [0.29, 0.717) is 12.0 Å². The highest BCUT2D eigenvalue weighted by molar-refractivity contribution is 6.47. The van der Waals surface area contributed by atoms with Crippen LogP contribution in [0.5, 0.6) is 5.75 Å². The first-order valence-corrected chi connectivity index (χ1v) is 9.76. The van der Waals surface area contributed by atoms with Gasteiger partial charge in [-0.15, -0.1) is 0 Å². The molecule has 2 N–H and O–H groups in total. The second kappa shape index (κ2) is 11.0. The number of amides is 1. The summed E-state index contributed by atoms with van der Waals surface area (Å²) in [7, 11) is -1.58. The van der Waals surface area contributed by atoms with Gasteiger partial charge in [-0.05, 0) is 24.5 Å². The number of unbranched alkanes of at least 4 members (excludes halogenated alkanes) is 1. The average Bonchev–Trinajstić information content (AvgIpc) is 2.70. The van der Waals surface area contributed by atoms with Crippen LogP contribution in [0.3, 0.4) is 0 Å². The number of halogens is 3. The zero-order valence-corrected chi connectivity index (χ0v) is 16.9. The van der Waals surface area contributed by atoms with Gasteiger partial charge in [0.2, 0.25) is 12.7 Å². The molecule has 0 fully saturated rings. The summed E-state index contributed by atoms with van der Waals surface area (Å²) < 4.78 is 51.8. The SMILES string of the molecule is CCCCC(=O)OCOC(=O)c1cccc2c1OB(O)[C@@H](NC(=O)CCC(F)(F)F)C2. The van der Waals surface area contributed by atoms with Crippen molar-refractivity contribution in [2.75, 3.05) is 6.79 Å². The number of para-hydroxylation sites is 1. The monoisotopic (exact) mass is 445 g/mol. The molecule has 0 spiro atoms. The van der Waals surface area contributed by atoms with Crippen LogP contribution in [0.1, 0.15) is 54.9 Å². The number of alkyl halides is 3. The van der Waals surface area contributed by atoms with Crippen LogP contribution in [-0.2, 0) is 25.5 Å². The van der Waals surface area contributed by atoms with Crippen molar-refractivity contribution < 1.29 is 46.7 Å². The van der Waals surface area contributed by atoms with Crippen LogP contribution < -0.4 is 9.97 Å². The van der Waals surface area contributed by atoms with Crippen LogP contribution in [0.15, 0.2) is 18.2 Å². The van der Waals surface area contributed by atoms with Crippen LogP contribution in [-0.4, -0.2) is 48.9 Å². The maximum atomic E-state index is 12.3. The quantitative estimate of drug-likeness (QED) is 0.341. The first-order valence-electron chi connectivity index (χ1n) is 9.76. The fourth-order valence-electron chi connectivity index (χ4n) is 2.86. The Morgan fingerprint density at radius 1 is 1.26 bits per heavy atom. The van der Waals surface area contributed by atoms with Crippen LogP contribution in [0.4, 0.5) is 13.2 Å². The van der Waals surface area contributed by atoms with Crippen molar-refractivity contribution in [3.63, 3.8) is 0 Å². The van der Waals surface area contributed by atoms with E-state index in [0.717, 1.165) is 6.42 Å². The van der Waals surface area contributed by atoms with Gasteiger partial charge in [0.25, 0.3) is 0 Å². The summed E-state index contributed by atoms with van der Waals surface area (Å²) in [6.45, 7) is 1.34. The minimum Gasteiger partial charge on any atom is -0.534 e. The zero-order valence-electron chi connectivity index (χ0n) is 16.9. The maximum Gasteiger partial charge on any atom is 0.547 e. The van der Waals surface area contributed by atoms with Crippen molar-refractivity contribution >= 4 is 25.0 Å². The first-order chi connectivity index (χ1) is 14.6. The smallest absolute Gasteiger partial charge is 0.534 e. The van der Waals surface area contributed by atoms with E-state index < -0.39 is 56.7 Å². The van der Waals surface area contributed by atoms with Crippen LogP contribution in [0.25, 0.3) is 0 Å². The summed E-state index contributed by atoms with van der Waals surface area (Å²) in [5, 5.41) is 12.5. The lowest BCUT2D eigenvalue weighted by molar-refractivity contribution is -0.152. The summed E-state index contributed by atoms with van der Waals surface area (Å²) in [4.78, 5) is 35.5. The molecule has 0 aliphatic carbocycles. The molecule has 1 aromatic carbocycles. The topological polar surface area (TPSA) is 111 Å². The molecule has 31 heavy (non-hydrogen) atoms. The predicted molar refractivity (Wildman–Crippen MR) is 102 cm³/mol. The van der Waals surface area contributed by atoms with Crippen LogP contribution >= 0.6 is 0 Å². The molecule has 1 amide bonds. The summed E-state index contributed by atoms with van der Waals surface area (Å²) in [5.41, 5.74) is 0.420. The number of esters is 2. The highest BCUT2D eigenvalue weighted by atomic mass is 19.4. The van der Waals surface area contributed by atoms with E-state index in [2.05, 4.69) is 5.32 Å². The number of fused-ring (bicyclic) bond motifs is 1. The lowest BCUT2D eigenvalue weighted by atomic mass is 9.72. The van der Waals surface area contributed by atoms with Crippen molar-refractivity contribution in [2.45, 2.75) is 57.6 Å². The Kier molecular flexibility index (Phi) is 8.72. The van der Waals surface area contributed by atoms with Crippen molar-refractivity contribution in [1.82, 2.24) is 5.32 Å². The number of hydrogen-bond acceptors (Lipinski definition) is 7. The number of benzene rings is 1. The molecule has 8 nitrogen and oxygen atoms in total. The average molecular weight is 445 g/mol. The Bertz CT molecular complexity index is 803. The largest absolute Gasteiger partial charge is 0.547 e. The molecule has 12 heteroatoms. The van der Waals surface area contributed by atoms with E-state index in [1.54, 1.807) is 6.07 Å². The van der Waals surface area contributed by atoms with E-state index in [9.17, 15) is 32.6 Å². The minimum absolute atomic E-state index is 0.0250. The molecule has 1 aromatic rings. The van der Waals surface area contributed by atoms with Crippen molar-refractivity contribution in [2.24, 2.45) is 0 Å². The van der Waals surface area contributed by atoms with Gasteiger partial charge in [0.05, 0.1) is 12.4 Å². The molecule has 0 unspecified atom stereocenters. The van der Waals surface area contributed by atoms with Gasteiger partial charge in [-0.25, -0.2) is 4.79 Å². The molecule has 0 saturated heterocycles. The highest BCUT2D eigenvalue weighted by Crippen LogP contribution is 2.31. The summed E-state index contributed by atoms with van der Waals surface area (Å²) in [6, 6.07) is 4.49. The Labute approximate surface area is 177 Å². The fourth-order valence-corrected chi connectivity index (χ4v) is 2.86. The first kappa shape index (κ1) is 24.5. The molecule has 0 saturated carbocycles. The second-order valence-electron chi connectivity index (χ2n) is 6.97. The molecule has 1 aliphatic heterocycles. The normalized spacial score (nSPS) is 15.5. The van der Waals surface area contributed by atoms with Crippen molar-refractivity contribution in [3.8, 4) is 5.75 Å². The molecule has 0 aromatic heterocycles. The molecule has 0 bridgehead atoms. The zero-order chi connectivity index (χ0) is 23.0. The Morgan fingerprint density at radius 3 is 2.68 bits per heavy atom. The second-order valence-corrected chi connectivity index (χ2v) is 6.97. The number of hydrogen-bond donors (Lipinski definition) is 2. The lowest BCUT2D eigenvalue weighted by Gasteiger charge is -2.29. The Morgan fingerprint density at radius 2 is 2.00 bits per heavy atom. The molecule has 2 rings (SSSR count). The summed E-state index contributed by atoms with van der Waals surface area (Å²) in [6.07, 6.45) is -4.82. The van der Waals surface area contributed by atoms with E-state index in [1.165, 1.54) is 12.1 Å². The molecule has 1 aliphatic rings. The van der Waals surface area contributed by atoms with E-state index in [4.69, 9.17) is 14.1 Å². The lowest BCUT2D eigenvalue weighted by Crippen LogP contribution is -2.53. The van der Waals surface area contributed by atoms with Gasteiger partial charge in [-0.2, -0.15) is 13.2 Å². The van der Waals surface area contributed by atoms with Crippen LogP contribution in [0.2, 0.25) is 0 Å². The number of rotatable bonds is 9. The van der Waals surface area contributed by atoms with Gasteiger partial charge in [0.1, 0.15) is 11.3 Å². The van der Waals surface area contributed by atoms with E-state index in [-0.39, 0.29) is 24.2 Å². The summed E-state index contributed by atoms with van der Waals surface area (Å²) >= 11 is 0. The van der Waals surface area contributed by atoms with E-state index in [1.807, 2.05) is 6.92 Å². The molecule has 170 valence electrons. The van der Waals surface area contributed by atoms with Gasteiger partial charge < -0.3 is 24.5 Å². The van der Waals surface area contributed by atoms with E-state index >= 15 is 0 Å². The third-order valence-electron chi connectivity index (χ3n) is 4.47. The minimum atomic E-state index is -4.47. The third-order valence-corrected chi connectivity index (χ3v) is 4.47. The number of carbonyl (C=O) groups excluding carboxylic acids is 3.